The van der Waals surface area contributed by atoms with Crippen molar-refractivity contribution in [3.05, 3.63) is 23.8 Å². The van der Waals surface area contributed by atoms with Gasteiger partial charge in [0.15, 0.2) is 11.5 Å². The summed E-state index contributed by atoms with van der Waals surface area (Å²) in [6, 6.07) is 6.20. The van der Waals surface area contributed by atoms with Crippen LogP contribution in [0.15, 0.2) is 18.2 Å². The van der Waals surface area contributed by atoms with Crippen molar-refractivity contribution in [3.63, 3.8) is 0 Å². The zero-order valence-corrected chi connectivity index (χ0v) is 11.8. The Balaban J connectivity index is 2.16. The van der Waals surface area contributed by atoms with Gasteiger partial charge in [0.25, 0.3) is 0 Å². The van der Waals surface area contributed by atoms with Crippen LogP contribution in [0.3, 0.4) is 0 Å². The molecule has 1 aromatic carbocycles. The van der Waals surface area contributed by atoms with Crippen LogP contribution in [0.2, 0.25) is 0 Å². The summed E-state index contributed by atoms with van der Waals surface area (Å²) in [5.41, 5.74) is 1.15. The fourth-order valence-electron chi connectivity index (χ4n) is 2.42. The molecular formula is C15H23NO3. The molecule has 1 fully saturated rings. The molecule has 1 aliphatic carbocycles. The first-order valence-electron chi connectivity index (χ1n) is 6.85. The number of aliphatic hydroxyl groups is 1. The fraction of sp³-hybridized carbons (Fsp3) is 0.600. The van der Waals surface area contributed by atoms with Gasteiger partial charge < -0.3 is 19.9 Å². The highest BCUT2D eigenvalue weighted by molar-refractivity contribution is 5.44. The number of nitrogens with one attached hydrogen (secondary N) is 1. The molecule has 0 radical (unpaired) electrons. The molecule has 1 aliphatic rings. The first-order chi connectivity index (χ1) is 9.15. The highest BCUT2D eigenvalue weighted by Crippen LogP contribution is 2.33. The summed E-state index contributed by atoms with van der Waals surface area (Å²) in [5.74, 6) is 1.43. The van der Waals surface area contributed by atoms with Crippen LogP contribution < -0.4 is 14.8 Å². The van der Waals surface area contributed by atoms with Crippen LogP contribution in [-0.2, 0) is 0 Å². The van der Waals surface area contributed by atoms with E-state index in [1.165, 1.54) is 0 Å². The van der Waals surface area contributed by atoms with Crippen molar-refractivity contribution in [1.82, 2.24) is 5.32 Å². The van der Waals surface area contributed by atoms with Crippen LogP contribution in [0.25, 0.3) is 0 Å². The summed E-state index contributed by atoms with van der Waals surface area (Å²) < 4.78 is 11.3. The molecule has 2 rings (SSSR count). The molecule has 3 unspecified atom stereocenters. The topological polar surface area (TPSA) is 50.7 Å². The van der Waals surface area contributed by atoms with Gasteiger partial charge in [-0.3, -0.25) is 0 Å². The third-order valence-corrected chi connectivity index (χ3v) is 3.82. The maximum Gasteiger partial charge on any atom is 0.161 e. The average Bonchev–Trinajstić information content (AvgIpc) is 2.84. The first-order valence-corrected chi connectivity index (χ1v) is 6.85. The molecule has 1 aromatic rings. The average molecular weight is 265 g/mol. The molecule has 0 spiro atoms. The van der Waals surface area contributed by atoms with Crippen LogP contribution >= 0.6 is 0 Å². The molecule has 0 aromatic heterocycles. The molecule has 4 heteroatoms. The second-order valence-corrected chi connectivity index (χ2v) is 5.08. The number of ether oxygens (including phenoxy) is 2. The van der Waals surface area contributed by atoms with E-state index in [0.29, 0.717) is 5.75 Å². The second kappa shape index (κ2) is 6.26. The number of methoxy groups -OCH3 is 1. The van der Waals surface area contributed by atoms with Crippen LogP contribution in [-0.4, -0.2) is 31.5 Å². The van der Waals surface area contributed by atoms with Gasteiger partial charge in [0, 0.05) is 6.04 Å². The Bertz CT molecular complexity index is 422. The molecule has 1 saturated carbocycles. The Morgan fingerprint density at radius 2 is 2.11 bits per heavy atom. The van der Waals surface area contributed by atoms with Gasteiger partial charge in [-0.2, -0.15) is 0 Å². The van der Waals surface area contributed by atoms with Crippen molar-refractivity contribution in [2.24, 2.45) is 0 Å². The van der Waals surface area contributed by atoms with Crippen molar-refractivity contribution in [3.8, 4) is 11.5 Å². The van der Waals surface area contributed by atoms with Crippen LogP contribution in [0.5, 0.6) is 11.5 Å². The van der Waals surface area contributed by atoms with Crippen LogP contribution in [0.4, 0.5) is 0 Å². The van der Waals surface area contributed by atoms with E-state index in [9.17, 15) is 5.11 Å². The molecule has 19 heavy (non-hydrogen) atoms. The van der Waals surface area contributed by atoms with Crippen LogP contribution in [0.1, 0.15) is 37.8 Å². The zero-order valence-electron chi connectivity index (χ0n) is 11.8. The SMILES string of the molecule is CNC(C)c1ccc(OC2CCCC2O)c(OC)c1. The smallest absolute Gasteiger partial charge is 0.161 e. The Labute approximate surface area is 114 Å². The summed E-state index contributed by atoms with van der Waals surface area (Å²) >= 11 is 0. The summed E-state index contributed by atoms with van der Waals surface area (Å²) in [5, 5.41) is 13.0. The fourth-order valence-corrected chi connectivity index (χ4v) is 2.42. The molecular weight excluding hydrogens is 242 g/mol. The summed E-state index contributed by atoms with van der Waals surface area (Å²) in [6.45, 7) is 2.09. The summed E-state index contributed by atoms with van der Waals surface area (Å²) in [4.78, 5) is 0. The highest BCUT2D eigenvalue weighted by Gasteiger charge is 2.27. The molecule has 0 bridgehead atoms. The van der Waals surface area contributed by atoms with Gasteiger partial charge in [-0.15, -0.1) is 0 Å². The minimum atomic E-state index is -0.361. The Hall–Kier alpha value is -1.26. The van der Waals surface area contributed by atoms with Gasteiger partial charge in [-0.05, 0) is 50.9 Å². The minimum absolute atomic E-state index is 0.110. The van der Waals surface area contributed by atoms with E-state index in [1.54, 1.807) is 7.11 Å². The van der Waals surface area contributed by atoms with Crippen molar-refractivity contribution >= 4 is 0 Å². The first kappa shape index (κ1) is 14.2. The van der Waals surface area contributed by atoms with Gasteiger partial charge in [0.2, 0.25) is 0 Å². The number of rotatable bonds is 5. The number of hydrogen-bond donors (Lipinski definition) is 2. The Kier molecular flexibility index (Phi) is 4.66. The predicted molar refractivity (Wildman–Crippen MR) is 74.7 cm³/mol. The molecule has 0 heterocycles. The van der Waals surface area contributed by atoms with Crippen molar-refractivity contribution in [2.45, 2.75) is 44.4 Å². The monoisotopic (exact) mass is 265 g/mol. The van der Waals surface area contributed by atoms with Crippen LogP contribution in [0, 0.1) is 0 Å². The zero-order chi connectivity index (χ0) is 13.8. The largest absolute Gasteiger partial charge is 0.493 e. The molecule has 0 amide bonds. The summed E-state index contributed by atoms with van der Waals surface area (Å²) in [6.07, 6.45) is 2.27. The standard InChI is InChI=1S/C15H23NO3/c1-10(16-2)11-7-8-14(15(9-11)18-3)19-13-6-4-5-12(13)17/h7-10,12-13,16-17H,4-6H2,1-3H3. The van der Waals surface area contributed by atoms with E-state index in [4.69, 9.17) is 9.47 Å². The van der Waals surface area contributed by atoms with Gasteiger partial charge in [0.1, 0.15) is 6.10 Å². The van der Waals surface area contributed by atoms with E-state index in [0.717, 1.165) is 30.6 Å². The predicted octanol–water partition coefficient (Wildman–Crippen LogP) is 2.27. The quantitative estimate of drug-likeness (QED) is 0.857. The van der Waals surface area contributed by atoms with Gasteiger partial charge in [0.05, 0.1) is 13.2 Å². The lowest BCUT2D eigenvalue weighted by atomic mass is 10.1. The van der Waals surface area contributed by atoms with Gasteiger partial charge in [-0.1, -0.05) is 6.07 Å². The van der Waals surface area contributed by atoms with E-state index < -0.39 is 0 Å². The Morgan fingerprint density at radius 3 is 2.68 bits per heavy atom. The van der Waals surface area contributed by atoms with Gasteiger partial charge >= 0.3 is 0 Å². The lowest BCUT2D eigenvalue weighted by molar-refractivity contribution is 0.0586. The van der Waals surface area contributed by atoms with Crippen molar-refractivity contribution < 1.29 is 14.6 Å². The molecule has 4 nitrogen and oxygen atoms in total. The molecule has 0 saturated heterocycles. The summed E-state index contributed by atoms with van der Waals surface area (Å²) in [7, 11) is 3.57. The van der Waals surface area contributed by atoms with E-state index in [1.807, 2.05) is 25.2 Å². The normalized spacial score (nSPS) is 24.2. The molecule has 106 valence electrons. The number of hydrogen-bond acceptors (Lipinski definition) is 4. The van der Waals surface area contributed by atoms with Crippen molar-refractivity contribution in [1.29, 1.82) is 0 Å². The highest BCUT2D eigenvalue weighted by atomic mass is 16.5. The van der Waals surface area contributed by atoms with Gasteiger partial charge in [-0.25, -0.2) is 0 Å². The van der Waals surface area contributed by atoms with E-state index in [2.05, 4.69) is 12.2 Å². The number of benzene rings is 1. The lowest BCUT2D eigenvalue weighted by Gasteiger charge is -2.20. The van der Waals surface area contributed by atoms with E-state index >= 15 is 0 Å². The molecule has 3 atom stereocenters. The molecule has 0 aliphatic heterocycles. The third-order valence-electron chi connectivity index (χ3n) is 3.82. The minimum Gasteiger partial charge on any atom is -0.493 e. The third kappa shape index (κ3) is 3.19. The van der Waals surface area contributed by atoms with Crippen molar-refractivity contribution in [2.75, 3.05) is 14.2 Å². The van der Waals surface area contributed by atoms with E-state index in [-0.39, 0.29) is 18.2 Å². The molecule has 2 N–H and O–H groups in total. The second-order valence-electron chi connectivity index (χ2n) is 5.08. The maximum absolute atomic E-state index is 9.82. The lowest BCUT2D eigenvalue weighted by Crippen LogP contribution is -2.25. The number of aliphatic hydroxyl groups excluding tert-OH is 1. The Morgan fingerprint density at radius 1 is 1.32 bits per heavy atom. The maximum atomic E-state index is 9.82.